The molecule has 2 rings (SSSR count). The predicted molar refractivity (Wildman–Crippen MR) is 75.7 cm³/mol. The minimum atomic E-state index is -0.613. The SMILES string of the molecule is C=NC(=O)Nc1c(C2CC2)cc(C#N)c(F)c1C(C)C. The van der Waals surface area contributed by atoms with E-state index in [1.54, 1.807) is 0 Å². The monoisotopic (exact) mass is 273 g/mol. The van der Waals surface area contributed by atoms with E-state index in [-0.39, 0.29) is 17.4 Å². The Morgan fingerprint density at radius 3 is 2.70 bits per heavy atom. The molecule has 1 N–H and O–H groups in total. The van der Waals surface area contributed by atoms with Gasteiger partial charge in [0.05, 0.1) is 11.3 Å². The zero-order valence-corrected chi connectivity index (χ0v) is 11.5. The molecule has 1 saturated carbocycles. The van der Waals surface area contributed by atoms with Gasteiger partial charge in [0, 0.05) is 5.56 Å². The van der Waals surface area contributed by atoms with Crippen molar-refractivity contribution in [1.82, 2.24) is 0 Å². The third-order valence-corrected chi connectivity index (χ3v) is 3.42. The number of hydrogen-bond acceptors (Lipinski definition) is 2. The molecule has 0 atom stereocenters. The Hall–Kier alpha value is -2.22. The number of carbonyl (C=O) groups is 1. The lowest BCUT2D eigenvalue weighted by molar-refractivity contribution is 0.259. The van der Waals surface area contributed by atoms with E-state index in [0.717, 1.165) is 18.4 Å². The Labute approximate surface area is 117 Å². The molecule has 20 heavy (non-hydrogen) atoms. The van der Waals surface area contributed by atoms with Crippen molar-refractivity contribution in [2.75, 3.05) is 5.32 Å². The van der Waals surface area contributed by atoms with Crippen LogP contribution in [0.4, 0.5) is 14.9 Å². The van der Waals surface area contributed by atoms with E-state index in [9.17, 15) is 9.18 Å². The molecule has 0 aliphatic heterocycles. The standard InChI is InChI=1S/C15H16FN3O/c1-8(2)12-13(16)10(7-17)6-11(9-4-5-9)14(12)19-15(20)18-3/h6,8-9H,3-5H2,1-2H3,(H,19,20). The minimum absolute atomic E-state index is 0.0279. The Balaban J connectivity index is 2.66. The maximum absolute atomic E-state index is 14.4. The van der Waals surface area contributed by atoms with Gasteiger partial charge >= 0.3 is 6.03 Å². The molecule has 0 spiro atoms. The molecule has 0 saturated heterocycles. The summed E-state index contributed by atoms with van der Waals surface area (Å²) in [5, 5.41) is 11.7. The van der Waals surface area contributed by atoms with Gasteiger partial charge in [0.1, 0.15) is 11.9 Å². The largest absolute Gasteiger partial charge is 0.344 e. The molecule has 1 aliphatic rings. The Morgan fingerprint density at radius 2 is 2.25 bits per heavy atom. The van der Waals surface area contributed by atoms with Crippen LogP contribution in [0.2, 0.25) is 0 Å². The molecule has 0 aromatic heterocycles. The van der Waals surface area contributed by atoms with E-state index in [0.29, 0.717) is 11.3 Å². The lowest BCUT2D eigenvalue weighted by atomic mass is 9.92. The molecule has 5 heteroatoms. The second-order valence-electron chi connectivity index (χ2n) is 5.25. The molecule has 0 radical (unpaired) electrons. The summed E-state index contributed by atoms with van der Waals surface area (Å²) in [5.74, 6) is -0.438. The predicted octanol–water partition coefficient (Wildman–Crippen LogP) is 3.93. The van der Waals surface area contributed by atoms with Crippen molar-refractivity contribution in [3.63, 3.8) is 0 Å². The van der Waals surface area contributed by atoms with Crippen molar-refractivity contribution in [3.8, 4) is 6.07 Å². The van der Waals surface area contributed by atoms with Gasteiger partial charge in [0.2, 0.25) is 0 Å². The Kier molecular flexibility index (Phi) is 3.84. The number of carbonyl (C=O) groups excluding carboxylic acids is 1. The summed E-state index contributed by atoms with van der Waals surface area (Å²) in [6.45, 7) is 6.82. The summed E-state index contributed by atoms with van der Waals surface area (Å²) in [5.41, 5.74) is 1.67. The maximum Gasteiger partial charge on any atom is 0.344 e. The van der Waals surface area contributed by atoms with Gasteiger partial charge in [-0.05, 0) is 43.0 Å². The van der Waals surface area contributed by atoms with E-state index in [1.807, 2.05) is 19.9 Å². The van der Waals surface area contributed by atoms with Gasteiger partial charge in [-0.1, -0.05) is 13.8 Å². The quantitative estimate of drug-likeness (QED) is 0.848. The summed E-state index contributed by atoms with van der Waals surface area (Å²) in [4.78, 5) is 14.8. The summed E-state index contributed by atoms with van der Waals surface area (Å²) in [6.07, 6.45) is 1.97. The van der Waals surface area contributed by atoms with E-state index in [2.05, 4.69) is 17.0 Å². The fourth-order valence-corrected chi connectivity index (χ4v) is 2.33. The topological polar surface area (TPSA) is 65.2 Å². The number of nitrogens with zero attached hydrogens (tertiary/aromatic N) is 2. The number of nitrogens with one attached hydrogen (secondary N) is 1. The molecule has 2 amide bonds. The van der Waals surface area contributed by atoms with Crippen LogP contribution in [0.25, 0.3) is 0 Å². The van der Waals surface area contributed by atoms with E-state index in [1.165, 1.54) is 6.07 Å². The second kappa shape index (κ2) is 5.41. The van der Waals surface area contributed by atoms with Crippen LogP contribution in [0.5, 0.6) is 0 Å². The van der Waals surface area contributed by atoms with Crippen LogP contribution < -0.4 is 5.32 Å². The molecular formula is C15H16FN3O. The van der Waals surface area contributed by atoms with Gasteiger partial charge in [-0.3, -0.25) is 0 Å². The highest BCUT2D eigenvalue weighted by atomic mass is 19.1. The normalized spacial score (nSPS) is 13.9. The zero-order valence-electron chi connectivity index (χ0n) is 11.5. The molecule has 1 fully saturated rings. The second-order valence-corrected chi connectivity index (χ2v) is 5.25. The van der Waals surface area contributed by atoms with Gasteiger partial charge in [-0.2, -0.15) is 5.26 Å². The van der Waals surface area contributed by atoms with Crippen LogP contribution in [-0.2, 0) is 0 Å². The minimum Gasteiger partial charge on any atom is -0.305 e. The average Bonchev–Trinajstić information content (AvgIpc) is 3.22. The van der Waals surface area contributed by atoms with E-state index in [4.69, 9.17) is 5.26 Å². The first-order valence-corrected chi connectivity index (χ1v) is 6.53. The number of anilines is 1. The van der Waals surface area contributed by atoms with Crippen molar-refractivity contribution in [2.24, 2.45) is 4.99 Å². The molecule has 104 valence electrons. The number of hydrogen-bond donors (Lipinski definition) is 1. The fraction of sp³-hybridized carbons (Fsp3) is 0.400. The highest BCUT2D eigenvalue weighted by molar-refractivity contribution is 5.94. The number of rotatable bonds is 3. The first kappa shape index (κ1) is 14.2. The smallest absolute Gasteiger partial charge is 0.305 e. The number of amides is 2. The van der Waals surface area contributed by atoms with Crippen LogP contribution >= 0.6 is 0 Å². The van der Waals surface area contributed by atoms with Crippen LogP contribution in [0.15, 0.2) is 11.1 Å². The first-order chi connectivity index (χ1) is 9.49. The number of nitriles is 1. The summed E-state index contributed by atoms with van der Waals surface area (Å²) < 4.78 is 14.4. The molecule has 0 heterocycles. The van der Waals surface area contributed by atoms with Crippen LogP contribution in [0, 0.1) is 17.1 Å². The molecule has 1 aromatic rings. The van der Waals surface area contributed by atoms with Crippen molar-refractivity contribution in [2.45, 2.75) is 38.5 Å². The Morgan fingerprint density at radius 1 is 1.60 bits per heavy atom. The van der Waals surface area contributed by atoms with Gasteiger partial charge in [0.25, 0.3) is 0 Å². The van der Waals surface area contributed by atoms with E-state index >= 15 is 0 Å². The third kappa shape index (κ3) is 2.55. The fourth-order valence-electron chi connectivity index (χ4n) is 2.33. The van der Waals surface area contributed by atoms with Gasteiger partial charge in [0.15, 0.2) is 0 Å². The third-order valence-electron chi connectivity index (χ3n) is 3.42. The summed E-state index contributed by atoms with van der Waals surface area (Å²) in [7, 11) is 0. The summed E-state index contributed by atoms with van der Waals surface area (Å²) in [6, 6.07) is 2.81. The van der Waals surface area contributed by atoms with Gasteiger partial charge < -0.3 is 5.32 Å². The van der Waals surface area contributed by atoms with Crippen LogP contribution in [0.3, 0.4) is 0 Å². The van der Waals surface area contributed by atoms with Gasteiger partial charge in [-0.25, -0.2) is 14.2 Å². The lowest BCUT2D eigenvalue weighted by Crippen LogP contribution is -2.13. The van der Waals surface area contributed by atoms with E-state index < -0.39 is 11.8 Å². The number of aliphatic imine (C=N–C) groups is 1. The maximum atomic E-state index is 14.4. The molecule has 1 aliphatic carbocycles. The van der Waals surface area contributed by atoms with Gasteiger partial charge in [-0.15, -0.1) is 0 Å². The first-order valence-electron chi connectivity index (χ1n) is 6.53. The van der Waals surface area contributed by atoms with Crippen LogP contribution in [-0.4, -0.2) is 12.7 Å². The number of benzene rings is 1. The zero-order chi connectivity index (χ0) is 14.9. The summed E-state index contributed by atoms with van der Waals surface area (Å²) >= 11 is 0. The molecule has 4 nitrogen and oxygen atoms in total. The molecule has 0 unspecified atom stereocenters. The van der Waals surface area contributed by atoms with Crippen molar-refractivity contribution < 1.29 is 9.18 Å². The van der Waals surface area contributed by atoms with Crippen LogP contribution in [0.1, 0.15) is 55.2 Å². The van der Waals surface area contributed by atoms with Crippen molar-refractivity contribution >= 4 is 18.4 Å². The molecular weight excluding hydrogens is 257 g/mol. The molecule has 1 aromatic carbocycles. The molecule has 0 bridgehead atoms. The lowest BCUT2D eigenvalue weighted by Gasteiger charge is -2.19. The highest BCUT2D eigenvalue weighted by Crippen LogP contribution is 2.46. The van der Waals surface area contributed by atoms with Crippen molar-refractivity contribution in [1.29, 1.82) is 5.26 Å². The Bertz CT molecular complexity index is 613. The average molecular weight is 273 g/mol. The number of halogens is 1. The number of urea groups is 1. The highest BCUT2D eigenvalue weighted by Gasteiger charge is 2.31. The van der Waals surface area contributed by atoms with Crippen molar-refractivity contribution in [3.05, 3.63) is 28.6 Å².